The average Bonchev–Trinajstić information content (AvgIpc) is 2.68. The highest BCUT2D eigenvalue weighted by Crippen LogP contribution is 2.71. The lowest BCUT2D eigenvalue weighted by molar-refractivity contribution is -0.199. The molecule has 2 bridgehead atoms. The molecule has 24 heavy (non-hydrogen) atoms. The molecule has 1 spiro atoms. The Morgan fingerprint density at radius 2 is 1.96 bits per heavy atom. The highest BCUT2D eigenvalue weighted by Gasteiger charge is 2.70. The van der Waals surface area contributed by atoms with Crippen molar-refractivity contribution in [1.82, 2.24) is 0 Å². The van der Waals surface area contributed by atoms with Gasteiger partial charge < -0.3 is 10.2 Å². The van der Waals surface area contributed by atoms with Gasteiger partial charge in [0, 0.05) is 11.3 Å². The van der Waals surface area contributed by atoms with Crippen LogP contribution in [-0.2, 0) is 9.59 Å². The predicted octanol–water partition coefficient (Wildman–Crippen LogP) is 3.19. The van der Waals surface area contributed by atoms with Crippen molar-refractivity contribution in [3.63, 3.8) is 0 Å². The molecule has 0 saturated heterocycles. The second-order valence-electron chi connectivity index (χ2n) is 9.37. The lowest BCUT2D eigenvalue weighted by Crippen LogP contribution is -2.62. The summed E-state index contributed by atoms with van der Waals surface area (Å²) in [6, 6.07) is 0. The van der Waals surface area contributed by atoms with Crippen LogP contribution in [0.1, 0.15) is 58.8 Å². The number of carboxylic acid groups (broad SMARTS) is 1. The summed E-state index contributed by atoms with van der Waals surface area (Å²) >= 11 is 0. The number of fused-ring (bicyclic) bond motifs is 3. The van der Waals surface area contributed by atoms with Crippen LogP contribution in [0.25, 0.3) is 0 Å². The minimum Gasteiger partial charge on any atom is -0.481 e. The summed E-state index contributed by atoms with van der Waals surface area (Å²) in [7, 11) is 0. The smallest absolute Gasteiger partial charge is 0.309 e. The quantitative estimate of drug-likeness (QED) is 0.723. The fraction of sp³-hybridized carbons (Fsp3) is 0.800. The van der Waals surface area contributed by atoms with Crippen LogP contribution in [0.5, 0.6) is 0 Å². The number of ketones is 1. The van der Waals surface area contributed by atoms with E-state index in [2.05, 4.69) is 13.5 Å². The summed E-state index contributed by atoms with van der Waals surface area (Å²) in [6.45, 7) is 8.06. The lowest BCUT2D eigenvalue weighted by atomic mass is 9.40. The van der Waals surface area contributed by atoms with Crippen molar-refractivity contribution in [3.05, 3.63) is 12.2 Å². The third kappa shape index (κ3) is 1.68. The van der Waals surface area contributed by atoms with E-state index in [-0.39, 0.29) is 29.0 Å². The molecule has 0 radical (unpaired) electrons. The van der Waals surface area contributed by atoms with E-state index >= 15 is 0 Å². The maximum absolute atomic E-state index is 13.1. The topological polar surface area (TPSA) is 74.6 Å². The predicted molar refractivity (Wildman–Crippen MR) is 89.2 cm³/mol. The van der Waals surface area contributed by atoms with Gasteiger partial charge >= 0.3 is 5.97 Å². The van der Waals surface area contributed by atoms with Crippen LogP contribution in [0.4, 0.5) is 0 Å². The first-order valence-electron chi connectivity index (χ1n) is 9.32. The molecule has 4 rings (SSSR count). The van der Waals surface area contributed by atoms with Crippen LogP contribution in [0.2, 0.25) is 0 Å². The van der Waals surface area contributed by atoms with Crippen LogP contribution in [0, 0.1) is 34.0 Å². The summed E-state index contributed by atoms with van der Waals surface area (Å²) in [5, 5.41) is 20.9. The molecule has 4 aliphatic rings. The summed E-state index contributed by atoms with van der Waals surface area (Å²) < 4.78 is 0. The summed E-state index contributed by atoms with van der Waals surface area (Å²) in [5.41, 5.74) is -0.810. The molecule has 0 aromatic heterocycles. The molecule has 0 aromatic carbocycles. The van der Waals surface area contributed by atoms with Crippen molar-refractivity contribution in [2.45, 2.75) is 64.9 Å². The number of hydrogen-bond acceptors (Lipinski definition) is 3. The Morgan fingerprint density at radius 1 is 1.25 bits per heavy atom. The number of aliphatic carboxylic acids is 1. The van der Waals surface area contributed by atoms with Gasteiger partial charge in [-0.05, 0) is 68.3 Å². The van der Waals surface area contributed by atoms with Crippen LogP contribution in [0.15, 0.2) is 12.2 Å². The maximum Gasteiger partial charge on any atom is 0.309 e. The third-order valence-electron chi connectivity index (χ3n) is 8.41. The standard InChI is InChI=1S/C20H28O4/c1-11-12-9-13(21)15-18(2)6-4-7-19(3,17(23)24)14(18)5-8-20(15,10-12)16(11)22/h12-15,21H,1,4-10H2,2-3H3,(H,23,24). The van der Waals surface area contributed by atoms with E-state index in [1.807, 2.05) is 6.92 Å². The normalized spacial score (nSPS) is 53.5. The molecule has 4 saturated carbocycles. The van der Waals surface area contributed by atoms with Crippen LogP contribution >= 0.6 is 0 Å². The molecule has 0 heterocycles. The van der Waals surface area contributed by atoms with E-state index in [4.69, 9.17) is 0 Å². The largest absolute Gasteiger partial charge is 0.481 e. The van der Waals surface area contributed by atoms with E-state index in [1.54, 1.807) is 0 Å². The molecular weight excluding hydrogens is 304 g/mol. The summed E-state index contributed by atoms with van der Waals surface area (Å²) in [4.78, 5) is 25.1. The Balaban J connectivity index is 1.83. The molecule has 0 amide bonds. The molecule has 132 valence electrons. The van der Waals surface area contributed by atoms with Gasteiger partial charge in [-0.15, -0.1) is 0 Å². The Bertz CT molecular complexity index is 640. The molecule has 4 heteroatoms. The number of Topliss-reactive ketones (excluding diaryl/α,β-unsaturated/α-hetero) is 1. The molecule has 7 atom stereocenters. The highest BCUT2D eigenvalue weighted by atomic mass is 16.4. The van der Waals surface area contributed by atoms with Crippen LogP contribution in [-0.4, -0.2) is 28.1 Å². The van der Waals surface area contributed by atoms with E-state index in [9.17, 15) is 19.8 Å². The van der Waals surface area contributed by atoms with Gasteiger partial charge in [-0.25, -0.2) is 0 Å². The molecule has 0 aromatic rings. The Hall–Kier alpha value is -1.16. The lowest BCUT2D eigenvalue weighted by Gasteiger charge is -2.63. The van der Waals surface area contributed by atoms with E-state index in [0.29, 0.717) is 24.8 Å². The van der Waals surface area contributed by atoms with Gasteiger partial charge in [0.05, 0.1) is 11.5 Å². The first kappa shape index (κ1) is 16.3. The van der Waals surface area contributed by atoms with E-state index < -0.39 is 22.9 Å². The van der Waals surface area contributed by atoms with Crippen LogP contribution < -0.4 is 0 Å². The van der Waals surface area contributed by atoms with Crippen molar-refractivity contribution in [3.8, 4) is 0 Å². The second kappa shape index (κ2) is 4.72. The highest BCUT2D eigenvalue weighted by molar-refractivity contribution is 6.03. The number of aliphatic hydroxyl groups excluding tert-OH is 1. The van der Waals surface area contributed by atoms with Crippen LogP contribution in [0.3, 0.4) is 0 Å². The van der Waals surface area contributed by atoms with Crippen molar-refractivity contribution in [2.24, 2.45) is 34.0 Å². The molecule has 0 aliphatic heterocycles. The van der Waals surface area contributed by atoms with Gasteiger partial charge in [-0.2, -0.15) is 0 Å². The summed E-state index contributed by atoms with van der Waals surface area (Å²) in [5.74, 6) is -0.528. The number of hydrogen-bond donors (Lipinski definition) is 2. The monoisotopic (exact) mass is 332 g/mol. The minimum atomic E-state index is -0.746. The second-order valence-corrected chi connectivity index (χ2v) is 9.37. The van der Waals surface area contributed by atoms with Gasteiger partial charge in [-0.3, -0.25) is 9.59 Å². The zero-order valence-electron chi connectivity index (χ0n) is 14.7. The molecule has 4 aliphatic carbocycles. The van der Waals surface area contributed by atoms with Crippen molar-refractivity contribution in [1.29, 1.82) is 0 Å². The van der Waals surface area contributed by atoms with E-state index in [0.717, 1.165) is 25.7 Å². The first-order valence-corrected chi connectivity index (χ1v) is 9.32. The van der Waals surface area contributed by atoms with E-state index in [1.165, 1.54) is 0 Å². The summed E-state index contributed by atoms with van der Waals surface area (Å²) in [6.07, 6.45) is 4.86. The van der Waals surface area contributed by atoms with Gasteiger partial charge in [0.25, 0.3) is 0 Å². The Morgan fingerprint density at radius 3 is 2.62 bits per heavy atom. The fourth-order valence-corrected chi connectivity index (χ4v) is 7.48. The molecule has 2 N–H and O–H groups in total. The van der Waals surface area contributed by atoms with Gasteiger partial charge in [-0.1, -0.05) is 19.9 Å². The number of aliphatic hydroxyl groups is 1. The van der Waals surface area contributed by atoms with Gasteiger partial charge in [0.2, 0.25) is 0 Å². The van der Waals surface area contributed by atoms with Gasteiger partial charge in [0.1, 0.15) is 0 Å². The molecule has 7 unspecified atom stereocenters. The minimum absolute atomic E-state index is 0.0275. The Kier molecular flexibility index (Phi) is 3.21. The molecule has 4 nitrogen and oxygen atoms in total. The number of allylic oxidation sites excluding steroid dienone is 1. The number of carbonyl (C=O) groups excluding carboxylic acids is 1. The van der Waals surface area contributed by atoms with Gasteiger partial charge in [0.15, 0.2) is 5.78 Å². The van der Waals surface area contributed by atoms with Crippen molar-refractivity contribution < 1.29 is 19.8 Å². The SMILES string of the molecule is C=C1C(=O)C23CCC4C(C)(C(=O)O)CCCC4(C)C2C(O)CC1C3. The molecule has 4 fully saturated rings. The average molecular weight is 332 g/mol. The zero-order valence-corrected chi connectivity index (χ0v) is 14.7. The fourth-order valence-electron chi connectivity index (χ4n) is 7.48. The number of carbonyl (C=O) groups is 2. The maximum atomic E-state index is 13.1. The third-order valence-corrected chi connectivity index (χ3v) is 8.41. The molecular formula is C20H28O4. The number of rotatable bonds is 1. The van der Waals surface area contributed by atoms with Crippen molar-refractivity contribution in [2.75, 3.05) is 0 Å². The zero-order chi connectivity index (χ0) is 17.5. The first-order chi connectivity index (χ1) is 11.2. The Labute approximate surface area is 143 Å². The number of carboxylic acids is 1. The van der Waals surface area contributed by atoms with Crippen molar-refractivity contribution >= 4 is 11.8 Å².